The summed E-state index contributed by atoms with van der Waals surface area (Å²) in [5, 5.41) is 54.6. The predicted molar refractivity (Wildman–Crippen MR) is 106 cm³/mol. The molecule has 11 nitrogen and oxygen atoms in total. The molecule has 0 aliphatic heterocycles. The Labute approximate surface area is 171 Å². The zero-order chi connectivity index (χ0) is 24.3. The molecule has 0 fully saturated rings. The molecule has 0 aliphatic rings. The van der Waals surface area contributed by atoms with Gasteiger partial charge < -0.3 is 35.7 Å². The van der Waals surface area contributed by atoms with Gasteiger partial charge in [0.05, 0.1) is 13.2 Å². The zero-order valence-electron chi connectivity index (χ0n) is 17.7. The van der Waals surface area contributed by atoms with Gasteiger partial charge in [-0.25, -0.2) is 0 Å². The lowest BCUT2D eigenvalue weighted by Crippen LogP contribution is -2.15. The minimum absolute atomic E-state index is 0.339. The molecule has 0 aromatic heterocycles. The van der Waals surface area contributed by atoms with E-state index in [-0.39, 0.29) is 13.2 Å². The molecular weight excluding hydrogens is 392 g/mol. The SMILES string of the molecule is CC(=O)O.CC(=O)O.CC(=O)O.CCCCCCCCC(=O)O.OCC(O)CO. The topological polar surface area (TPSA) is 210 Å². The lowest BCUT2D eigenvalue weighted by Gasteiger charge is -1.97. The van der Waals surface area contributed by atoms with Crippen LogP contribution < -0.4 is 0 Å². The fraction of sp³-hybridized carbons (Fsp3) is 0.778. The van der Waals surface area contributed by atoms with Crippen LogP contribution in [0.5, 0.6) is 0 Å². The van der Waals surface area contributed by atoms with Crippen molar-refractivity contribution in [1.82, 2.24) is 0 Å². The molecule has 0 unspecified atom stereocenters. The van der Waals surface area contributed by atoms with E-state index in [2.05, 4.69) is 6.92 Å². The first kappa shape index (κ1) is 37.5. The first-order valence-electron chi connectivity index (χ1n) is 8.98. The Balaban J connectivity index is -0.0000000906. The first-order valence-corrected chi connectivity index (χ1v) is 8.98. The number of carbonyl (C=O) groups is 4. The third-order valence-electron chi connectivity index (χ3n) is 2.17. The monoisotopic (exact) mass is 430 g/mol. The Morgan fingerprint density at radius 2 is 0.931 bits per heavy atom. The van der Waals surface area contributed by atoms with Gasteiger partial charge in [0.25, 0.3) is 17.9 Å². The predicted octanol–water partition coefficient (Wildman–Crippen LogP) is 1.43. The molecule has 0 bridgehead atoms. The number of hydrogen-bond acceptors (Lipinski definition) is 7. The molecule has 0 rings (SSSR count). The summed E-state index contributed by atoms with van der Waals surface area (Å²) in [6.07, 6.45) is 6.30. The summed E-state index contributed by atoms with van der Waals surface area (Å²) >= 11 is 0. The fourth-order valence-electron chi connectivity index (χ4n) is 1.11. The van der Waals surface area contributed by atoms with Gasteiger partial charge in [0.2, 0.25) is 0 Å². The summed E-state index contributed by atoms with van der Waals surface area (Å²) in [4.78, 5) is 37.1. The molecule has 0 saturated heterocycles. The maximum Gasteiger partial charge on any atom is 0.303 e. The Kier molecular flexibility index (Phi) is 43.1. The number of hydrogen-bond donors (Lipinski definition) is 7. The van der Waals surface area contributed by atoms with E-state index < -0.39 is 30.0 Å². The van der Waals surface area contributed by atoms with Crippen LogP contribution in [0.2, 0.25) is 0 Å². The molecule has 0 radical (unpaired) electrons. The van der Waals surface area contributed by atoms with Crippen LogP contribution in [0.4, 0.5) is 0 Å². The van der Waals surface area contributed by atoms with Crippen molar-refractivity contribution in [1.29, 1.82) is 0 Å². The Hall–Kier alpha value is -2.24. The van der Waals surface area contributed by atoms with Gasteiger partial charge in [-0.15, -0.1) is 0 Å². The summed E-state index contributed by atoms with van der Waals surface area (Å²) in [5.41, 5.74) is 0. The number of rotatable bonds is 9. The third kappa shape index (κ3) is 153. The average Bonchev–Trinajstić information content (AvgIpc) is 2.56. The van der Waals surface area contributed by atoms with E-state index in [0.29, 0.717) is 6.42 Å². The lowest BCUT2D eigenvalue weighted by molar-refractivity contribution is -0.137. The van der Waals surface area contributed by atoms with Gasteiger partial charge in [-0.05, 0) is 6.42 Å². The van der Waals surface area contributed by atoms with E-state index >= 15 is 0 Å². The third-order valence-corrected chi connectivity index (χ3v) is 2.17. The quantitative estimate of drug-likeness (QED) is 0.260. The molecule has 0 heterocycles. The average molecular weight is 430 g/mol. The Bertz CT molecular complexity index is 339. The van der Waals surface area contributed by atoms with Crippen molar-refractivity contribution in [2.45, 2.75) is 78.7 Å². The van der Waals surface area contributed by atoms with Crippen LogP contribution in [0.15, 0.2) is 0 Å². The molecule has 0 atom stereocenters. The number of carboxylic acids is 4. The van der Waals surface area contributed by atoms with Crippen molar-refractivity contribution >= 4 is 23.9 Å². The van der Waals surface area contributed by atoms with E-state index in [1.165, 1.54) is 25.7 Å². The van der Waals surface area contributed by atoms with E-state index in [1.807, 2.05) is 0 Å². The van der Waals surface area contributed by atoms with Crippen molar-refractivity contribution in [2.24, 2.45) is 0 Å². The van der Waals surface area contributed by atoms with Crippen LogP contribution in [0.25, 0.3) is 0 Å². The minimum atomic E-state index is -0.954. The first-order chi connectivity index (χ1) is 13.3. The van der Waals surface area contributed by atoms with E-state index in [4.69, 9.17) is 50.1 Å². The van der Waals surface area contributed by atoms with Gasteiger partial charge in [0, 0.05) is 27.2 Å². The normalized spacial score (nSPS) is 8.41. The summed E-state index contributed by atoms with van der Waals surface area (Å²) in [6.45, 7) is 4.70. The van der Waals surface area contributed by atoms with E-state index in [0.717, 1.165) is 33.6 Å². The molecule has 29 heavy (non-hydrogen) atoms. The number of aliphatic hydroxyl groups excluding tert-OH is 3. The highest BCUT2D eigenvalue weighted by molar-refractivity contribution is 5.66. The maximum absolute atomic E-state index is 10.1. The number of aliphatic hydroxyl groups is 3. The molecule has 0 amide bonds. The number of aliphatic carboxylic acids is 4. The van der Waals surface area contributed by atoms with Crippen molar-refractivity contribution in [2.75, 3.05) is 13.2 Å². The molecule has 0 saturated carbocycles. The van der Waals surface area contributed by atoms with Gasteiger partial charge in [-0.2, -0.15) is 0 Å². The van der Waals surface area contributed by atoms with Crippen LogP contribution in [0, 0.1) is 0 Å². The van der Waals surface area contributed by atoms with Crippen molar-refractivity contribution in [3.05, 3.63) is 0 Å². The van der Waals surface area contributed by atoms with E-state index in [1.54, 1.807) is 0 Å². The lowest BCUT2D eigenvalue weighted by atomic mass is 10.1. The van der Waals surface area contributed by atoms with Crippen LogP contribution >= 0.6 is 0 Å². The highest BCUT2D eigenvalue weighted by Gasteiger charge is 1.95. The van der Waals surface area contributed by atoms with Crippen LogP contribution in [-0.4, -0.2) is 78.9 Å². The van der Waals surface area contributed by atoms with Gasteiger partial charge in [0.15, 0.2) is 0 Å². The fourth-order valence-corrected chi connectivity index (χ4v) is 1.11. The summed E-state index contributed by atoms with van der Waals surface area (Å²) in [6, 6.07) is 0. The largest absolute Gasteiger partial charge is 0.481 e. The molecule has 0 aromatic rings. The molecule has 0 aromatic carbocycles. The Morgan fingerprint density at radius 1 is 0.655 bits per heavy atom. The summed E-state index contributed by atoms with van der Waals surface area (Å²) in [7, 11) is 0. The number of carboxylic acid groups (broad SMARTS) is 4. The zero-order valence-corrected chi connectivity index (χ0v) is 17.7. The number of unbranched alkanes of at least 4 members (excludes halogenated alkanes) is 5. The van der Waals surface area contributed by atoms with Crippen LogP contribution in [0.1, 0.15) is 72.6 Å². The highest BCUT2D eigenvalue weighted by Crippen LogP contribution is 2.06. The maximum atomic E-state index is 10.1. The molecule has 0 spiro atoms. The Morgan fingerprint density at radius 3 is 1.14 bits per heavy atom. The smallest absolute Gasteiger partial charge is 0.303 e. The van der Waals surface area contributed by atoms with Gasteiger partial charge >= 0.3 is 5.97 Å². The van der Waals surface area contributed by atoms with Gasteiger partial charge in [-0.3, -0.25) is 19.2 Å². The van der Waals surface area contributed by atoms with Crippen molar-refractivity contribution in [3.8, 4) is 0 Å². The molecule has 0 aliphatic carbocycles. The second kappa shape index (κ2) is 33.4. The summed E-state index contributed by atoms with van der Waals surface area (Å²) < 4.78 is 0. The van der Waals surface area contributed by atoms with Gasteiger partial charge in [-0.1, -0.05) is 39.0 Å². The summed E-state index contributed by atoms with van der Waals surface area (Å²) in [5.74, 6) is -3.17. The minimum Gasteiger partial charge on any atom is -0.481 e. The second-order valence-corrected chi connectivity index (χ2v) is 5.49. The molecular formula is C18H38O11. The van der Waals surface area contributed by atoms with Crippen LogP contribution in [-0.2, 0) is 19.2 Å². The molecule has 176 valence electrons. The van der Waals surface area contributed by atoms with Crippen LogP contribution in [0.3, 0.4) is 0 Å². The van der Waals surface area contributed by atoms with Gasteiger partial charge in [0.1, 0.15) is 6.10 Å². The van der Waals surface area contributed by atoms with Crippen molar-refractivity contribution < 1.29 is 54.9 Å². The van der Waals surface area contributed by atoms with Crippen molar-refractivity contribution in [3.63, 3.8) is 0 Å². The molecule has 11 heteroatoms. The highest BCUT2D eigenvalue weighted by atomic mass is 16.4. The second-order valence-electron chi connectivity index (χ2n) is 5.49. The molecule has 7 N–H and O–H groups in total. The standard InChI is InChI=1S/C9H18O2.C3H8O3.3C2H4O2/c1-2-3-4-5-6-7-8-9(10)11;4-1-3(6)2-5;3*1-2(3)4/h2-8H2,1H3,(H,10,11);3-6H,1-2H2;3*1H3,(H,3,4). The van der Waals surface area contributed by atoms with E-state index in [9.17, 15) is 4.79 Å².